The Kier molecular flexibility index (Phi) is 5.00. The van der Waals surface area contributed by atoms with Gasteiger partial charge in [0.2, 0.25) is 5.91 Å². The minimum Gasteiger partial charge on any atom is -0.493 e. The Labute approximate surface area is 178 Å². The zero-order valence-corrected chi connectivity index (χ0v) is 18.1. The fourth-order valence-electron chi connectivity index (χ4n) is 7.16. The number of imide groups is 1. The molecule has 30 heavy (non-hydrogen) atoms. The highest BCUT2D eigenvalue weighted by Crippen LogP contribution is 2.54. The molecule has 0 spiro atoms. The van der Waals surface area contributed by atoms with Gasteiger partial charge in [-0.05, 0) is 61.1 Å². The molecule has 2 amide bonds. The van der Waals surface area contributed by atoms with Crippen LogP contribution in [0.2, 0.25) is 0 Å². The van der Waals surface area contributed by atoms with Gasteiger partial charge in [-0.1, -0.05) is 6.07 Å². The standard InChI is InChI=1S/C24H32N2O4/c1-29-20-4-3-15(10-21(20)30-2)5-6-26-22(27)11-19(23(26)28)25-24-12-16-7-17(13-24)9-18(8-16)14-24/h3-4,10,16-19,25H,5-9,11-14H2,1-2H3/p+1/t16?,17?,18?,19-,24?/m1/s1. The molecule has 162 valence electrons. The van der Waals surface area contributed by atoms with E-state index in [1.807, 2.05) is 18.2 Å². The maximum atomic E-state index is 13.1. The van der Waals surface area contributed by atoms with Crippen molar-refractivity contribution in [2.45, 2.75) is 62.9 Å². The second-order valence-electron chi connectivity index (χ2n) is 10.1. The second-order valence-corrected chi connectivity index (χ2v) is 10.1. The quantitative estimate of drug-likeness (QED) is 0.693. The molecule has 0 aromatic heterocycles. The summed E-state index contributed by atoms with van der Waals surface area (Å²) in [4.78, 5) is 27.3. The van der Waals surface area contributed by atoms with Gasteiger partial charge in [0.25, 0.3) is 5.91 Å². The maximum Gasteiger partial charge on any atom is 0.287 e. The first-order chi connectivity index (χ1) is 14.5. The molecule has 4 aliphatic carbocycles. The van der Waals surface area contributed by atoms with E-state index in [2.05, 4.69) is 5.32 Å². The monoisotopic (exact) mass is 413 g/mol. The van der Waals surface area contributed by atoms with Crippen molar-refractivity contribution in [3.63, 3.8) is 0 Å². The number of hydrogen-bond acceptors (Lipinski definition) is 4. The molecule has 4 bridgehead atoms. The number of ether oxygens (including phenoxy) is 2. The molecule has 1 saturated heterocycles. The molecule has 6 rings (SSSR count). The van der Waals surface area contributed by atoms with Crippen LogP contribution < -0.4 is 14.8 Å². The Morgan fingerprint density at radius 3 is 2.23 bits per heavy atom. The largest absolute Gasteiger partial charge is 0.493 e. The number of carbonyl (C=O) groups excluding carboxylic acids is 2. The molecule has 5 aliphatic rings. The highest BCUT2D eigenvalue weighted by Gasteiger charge is 2.56. The van der Waals surface area contributed by atoms with Crippen molar-refractivity contribution in [1.29, 1.82) is 0 Å². The van der Waals surface area contributed by atoms with Gasteiger partial charge in [-0.3, -0.25) is 14.5 Å². The molecule has 0 unspecified atom stereocenters. The van der Waals surface area contributed by atoms with E-state index in [1.54, 1.807) is 14.2 Å². The lowest BCUT2D eigenvalue weighted by atomic mass is 9.53. The van der Waals surface area contributed by atoms with E-state index in [4.69, 9.17) is 9.47 Å². The summed E-state index contributed by atoms with van der Waals surface area (Å²) in [6, 6.07) is 5.53. The minimum absolute atomic E-state index is 0.0104. The molecular formula is C24H33N2O4+. The van der Waals surface area contributed by atoms with Gasteiger partial charge in [-0.25, -0.2) is 0 Å². The molecule has 4 saturated carbocycles. The van der Waals surface area contributed by atoms with Gasteiger partial charge in [0.1, 0.15) is 0 Å². The normalized spacial score (nSPS) is 34.7. The first-order valence-electron chi connectivity index (χ1n) is 11.4. The number of hydrogen-bond donors (Lipinski definition) is 1. The van der Waals surface area contributed by atoms with E-state index in [1.165, 1.54) is 43.4 Å². The van der Waals surface area contributed by atoms with Crippen molar-refractivity contribution in [3.05, 3.63) is 23.8 Å². The van der Waals surface area contributed by atoms with Crippen LogP contribution in [0.5, 0.6) is 11.5 Å². The van der Waals surface area contributed by atoms with E-state index in [9.17, 15) is 9.59 Å². The lowest BCUT2D eigenvalue weighted by molar-refractivity contribution is -0.755. The van der Waals surface area contributed by atoms with E-state index in [-0.39, 0.29) is 23.4 Å². The van der Waals surface area contributed by atoms with Crippen LogP contribution in [0.1, 0.15) is 50.5 Å². The van der Waals surface area contributed by atoms with E-state index in [0.29, 0.717) is 30.9 Å². The first-order valence-corrected chi connectivity index (χ1v) is 11.4. The number of likely N-dealkylation sites (tertiary alicyclic amines) is 1. The van der Waals surface area contributed by atoms with Gasteiger partial charge in [-0.2, -0.15) is 0 Å². The summed E-state index contributed by atoms with van der Waals surface area (Å²) in [5, 5.41) is 2.33. The van der Waals surface area contributed by atoms with Crippen LogP contribution in [-0.2, 0) is 16.0 Å². The number of benzene rings is 1. The summed E-state index contributed by atoms with van der Waals surface area (Å²) in [6.45, 7) is 0.429. The van der Waals surface area contributed by atoms with Crippen molar-refractivity contribution in [2.75, 3.05) is 20.8 Å². The molecule has 2 N–H and O–H groups in total. The summed E-state index contributed by atoms with van der Waals surface area (Å²) in [5.41, 5.74) is 1.25. The minimum atomic E-state index is -0.223. The second kappa shape index (κ2) is 7.56. The molecule has 6 nitrogen and oxygen atoms in total. The van der Waals surface area contributed by atoms with Crippen LogP contribution in [-0.4, -0.2) is 49.1 Å². The summed E-state index contributed by atoms with van der Waals surface area (Å²) >= 11 is 0. The number of carbonyl (C=O) groups is 2. The van der Waals surface area contributed by atoms with Crippen molar-refractivity contribution >= 4 is 11.8 Å². The van der Waals surface area contributed by atoms with E-state index >= 15 is 0 Å². The molecule has 1 aromatic rings. The lowest BCUT2D eigenvalue weighted by Gasteiger charge is -2.55. The first kappa shape index (κ1) is 19.9. The van der Waals surface area contributed by atoms with Gasteiger partial charge >= 0.3 is 0 Å². The van der Waals surface area contributed by atoms with Crippen LogP contribution in [0.15, 0.2) is 18.2 Å². The Morgan fingerprint density at radius 2 is 1.63 bits per heavy atom. The van der Waals surface area contributed by atoms with Gasteiger partial charge in [0.15, 0.2) is 17.5 Å². The van der Waals surface area contributed by atoms with Crippen LogP contribution in [0.25, 0.3) is 0 Å². The Balaban J connectivity index is 1.23. The number of amides is 2. The number of nitrogens with two attached hydrogens (primary N) is 1. The summed E-state index contributed by atoms with van der Waals surface area (Å²) < 4.78 is 10.6. The molecule has 5 fully saturated rings. The van der Waals surface area contributed by atoms with Crippen molar-refractivity contribution in [3.8, 4) is 11.5 Å². The van der Waals surface area contributed by atoms with E-state index < -0.39 is 0 Å². The van der Waals surface area contributed by atoms with Crippen molar-refractivity contribution in [2.24, 2.45) is 17.8 Å². The van der Waals surface area contributed by atoms with Crippen molar-refractivity contribution < 1.29 is 24.4 Å². The third-order valence-electron chi connectivity index (χ3n) is 7.99. The van der Waals surface area contributed by atoms with Crippen LogP contribution in [0.3, 0.4) is 0 Å². The Hall–Kier alpha value is -2.08. The van der Waals surface area contributed by atoms with Crippen LogP contribution >= 0.6 is 0 Å². The molecular weight excluding hydrogens is 380 g/mol. The third-order valence-corrected chi connectivity index (χ3v) is 7.99. The number of nitrogens with zero attached hydrogens (tertiary/aromatic N) is 1. The smallest absolute Gasteiger partial charge is 0.287 e. The highest BCUT2D eigenvalue weighted by molar-refractivity contribution is 6.04. The molecule has 1 aliphatic heterocycles. The Morgan fingerprint density at radius 1 is 1.00 bits per heavy atom. The zero-order valence-electron chi connectivity index (χ0n) is 18.1. The SMILES string of the molecule is COc1ccc(CCN2C(=O)C[C@@H]([NH2+]C34CC5CC(CC(C5)C3)C4)C2=O)cc1OC. The van der Waals surface area contributed by atoms with Gasteiger partial charge in [0, 0.05) is 25.8 Å². The molecule has 6 heteroatoms. The summed E-state index contributed by atoms with van der Waals surface area (Å²) in [6.07, 6.45) is 8.87. The molecule has 0 radical (unpaired) electrons. The van der Waals surface area contributed by atoms with Crippen LogP contribution in [0.4, 0.5) is 0 Å². The zero-order chi connectivity index (χ0) is 20.9. The predicted molar refractivity (Wildman–Crippen MR) is 111 cm³/mol. The maximum absolute atomic E-state index is 13.1. The fourth-order valence-corrected chi connectivity index (χ4v) is 7.16. The number of quaternary nitrogens is 1. The highest BCUT2D eigenvalue weighted by atomic mass is 16.5. The fraction of sp³-hybridized carbons (Fsp3) is 0.667. The predicted octanol–water partition coefficient (Wildman–Crippen LogP) is 1.91. The summed E-state index contributed by atoms with van der Waals surface area (Å²) in [5.74, 6) is 3.88. The molecule has 1 aromatic carbocycles. The average molecular weight is 414 g/mol. The Bertz CT molecular complexity index is 816. The van der Waals surface area contributed by atoms with Gasteiger partial charge in [0.05, 0.1) is 26.2 Å². The number of methoxy groups -OCH3 is 2. The van der Waals surface area contributed by atoms with Crippen LogP contribution in [0, 0.1) is 17.8 Å². The third kappa shape index (κ3) is 3.49. The van der Waals surface area contributed by atoms with Crippen molar-refractivity contribution in [1.82, 2.24) is 4.90 Å². The summed E-state index contributed by atoms with van der Waals surface area (Å²) in [7, 11) is 3.22. The lowest BCUT2D eigenvalue weighted by Crippen LogP contribution is -3.03. The van der Waals surface area contributed by atoms with Gasteiger partial charge in [-0.15, -0.1) is 0 Å². The number of rotatable bonds is 7. The van der Waals surface area contributed by atoms with E-state index in [0.717, 1.165) is 23.3 Å². The molecule has 1 heterocycles. The average Bonchev–Trinajstić information content (AvgIpc) is 2.97. The van der Waals surface area contributed by atoms with Gasteiger partial charge < -0.3 is 14.8 Å². The topological polar surface area (TPSA) is 72.5 Å². The molecule has 1 atom stereocenters.